The van der Waals surface area contributed by atoms with Crippen molar-refractivity contribution in [2.45, 2.75) is 45.1 Å². The number of benzene rings is 1. The van der Waals surface area contributed by atoms with Crippen LogP contribution in [0.15, 0.2) is 36.5 Å². The highest BCUT2D eigenvalue weighted by Gasteiger charge is 2.29. The number of nitrogens with one attached hydrogen (secondary N) is 1. The van der Waals surface area contributed by atoms with E-state index in [2.05, 4.69) is 41.6 Å². The van der Waals surface area contributed by atoms with Gasteiger partial charge in [-0.2, -0.15) is 0 Å². The van der Waals surface area contributed by atoms with Gasteiger partial charge in [0.1, 0.15) is 0 Å². The summed E-state index contributed by atoms with van der Waals surface area (Å²) in [5.74, 6) is 7.46. The Kier molecular flexibility index (Phi) is 4.51. The van der Waals surface area contributed by atoms with Gasteiger partial charge in [0, 0.05) is 17.6 Å². The molecular formula is C18H25N3. The minimum Gasteiger partial charge on any atom is -0.271 e. The second-order valence-electron chi connectivity index (χ2n) is 6.31. The Balaban J connectivity index is 1.80. The van der Waals surface area contributed by atoms with Crippen LogP contribution in [0.3, 0.4) is 0 Å². The molecule has 0 spiro atoms. The maximum atomic E-state index is 5.87. The molecule has 0 aliphatic heterocycles. The van der Waals surface area contributed by atoms with Crippen molar-refractivity contribution < 1.29 is 0 Å². The molecule has 1 fully saturated rings. The van der Waals surface area contributed by atoms with Gasteiger partial charge in [0.05, 0.1) is 5.52 Å². The molecule has 21 heavy (non-hydrogen) atoms. The Morgan fingerprint density at radius 2 is 2.14 bits per heavy atom. The molecule has 0 radical (unpaired) electrons. The van der Waals surface area contributed by atoms with E-state index in [1.165, 1.54) is 36.6 Å². The topological polar surface area (TPSA) is 50.9 Å². The summed E-state index contributed by atoms with van der Waals surface area (Å²) in [5.41, 5.74) is 5.50. The number of nitrogens with two attached hydrogens (primary N) is 1. The van der Waals surface area contributed by atoms with Crippen LogP contribution in [0.4, 0.5) is 0 Å². The van der Waals surface area contributed by atoms with Gasteiger partial charge in [-0.15, -0.1) is 0 Å². The lowest BCUT2D eigenvalue weighted by molar-refractivity contribution is 0.348. The van der Waals surface area contributed by atoms with Crippen molar-refractivity contribution in [1.29, 1.82) is 0 Å². The normalized spacial score (nSPS) is 23.5. The SMILES string of the molecule is CCC1CCC(C(Cc2ccnc3ccccc23)NN)C1. The molecule has 3 heteroatoms. The van der Waals surface area contributed by atoms with Crippen LogP contribution in [0.2, 0.25) is 0 Å². The number of fused-ring (bicyclic) bond motifs is 1. The Labute approximate surface area is 126 Å². The summed E-state index contributed by atoms with van der Waals surface area (Å²) in [4.78, 5) is 4.45. The number of hydrogen-bond donors (Lipinski definition) is 2. The van der Waals surface area contributed by atoms with Gasteiger partial charge in [-0.3, -0.25) is 16.3 Å². The van der Waals surface area contributed by atoms with E-state index in [9.17, 15) is 0 Å². The number of hydrazine groups is 1. The second kappa shape index (κ2) is 6.54. The van der Waals surface area contributed by atoms with Gasteiger partial charge in [-0.05, 0) is 48.8 Å². The van der Waals surface area contributed by atoms with Crippen LogP contribution >= 0.6 is 0 Å². The van der Waals surface area contributed by atoms with Crippen molar-refractivity contribution in [2.24, 2.45) is 17.7 Å². The van der Waals surface area contributed by atoms with E-state index in [4.69, 9.17) is 5.84 Å². The molecule has 0 saturated heterocycles. The lowest BCUT2D eigenvalue weighted by Crippen LogP contribution is -2.41. The van der Waals surface area contributed by atoms with Crippen LogP contribution < -0.4 is 11.3 Å². The van der Waals surface area contributed by atoms with Crippen LogP contribution in [0.1, 0.15) is 38.2 Å². The first-order valence-corrected chi connectivity index (χ1v) is 8.10. The zero-order valence-corrected chi connectivity index (χ0v) is 12.8. The highest BCUT2D eigenvalue weighted by Crippen LogP contribution is 2.36. The van der Waals surface area contributed by atoms with E-state index < -0.39 is 0 Å². The summed E-state index contributed by atoms with van der Waals surface area (Å²) in [6.45, 7) is 2.30. The number of para-hydroxylation sites is 1. The Morgan fingerprint density at radius 1 is 1.29 bits per heavy atom. The molecule has 3 rings (SSSR count). The quantitative estimate of drug-likeness (QED) is 0.653. The predicted molar refractivity (Wildman–Crippen MR) is 87.7 cm³/mol. The Bertz CT molecular complexity index is 591. The molecule has 3 atom stereocenters. The van der Waals surface area contributed by atoms with E-state index in [0.29, 0.717) is 12.0 Å². The monoisotopic (exact) mass is 283 g/mol. The van der Waals surface area contributed by atoms with Gasteiger partial charge in [0.2, 0.25) is 0 Å². The lowest BCUT2D eigenvalue weighted by atomic mass is 9.90. The van der Waals surface area contributed by atoms with Crippen molar-refractivity contribution in [2.75, 3.05) is 0 Å². The first kappa shape index (κ1) is 14.5. The van der Waals surface area contributed by atoms with Crippen molar-refractivity contribution in [3.8, 4) is 0 Å². The first-order valence-electron chi connectivity index (χ1n) is 8.10. The molecule has 1 aromatic carbocycles. The maximum Gasteiger partial charge on any atom is 0.0704 e. The second-order valence-corrected chi connectivity index (χ2v) is 6.31. The van der Waals surface area contributed by atoms with Crippen LogP contribution in [0.5, 0.6) is 0 Å². The summed E-state index contributed by atoms with van der Waals surface area (Å²) in [5, 5.41) is 1.25. The van der Waals surface area contributed by atoms with E-state index in [1.807, 2.05) is 12.3 Å². The molecule has 0 bridgehead atoms. The average molecular weight is 283 g/mol. The molecule has 112 valence electrons. The maximum absolute atomic E-state index is 5.87. The number of rotatable bonds is 5. The summed E-state index contributed by atoms with van der Waals surface area (Å²) in [6.07, 6.45) is 8.17. The van der Waals surface area contributed by atoms with Crippen LogP contribution in [-0.2, 0) is 6.42 Å². The van der Waals surface area contributed by atoms with E-state index in [0.717, 1.165) is 17.9 Å². The largest absolute Gasteiger partial charge is 0.271 e. The third kappa shape index (κ3) is 3.09. The zero-order valence-electron chi connectivity index (χ0n) is 12.8. The zero-order chi connectivity index (χ0) is 14.7. The Morgan fingerprint density at radius 3 is 2.90 bits per heavy atom. The van der Waals surface area contributed by atoms with Gasteiger partial charge in [0.15, 0.2) is 0 Å². The molecule has 1 heterocycles. The molecule has 3 nitrogen and oxygen atoms in total. The van der Waals surface area contributed by atoms with Crippen LogP contribution in [-0.4, -0.2) is 11.0 Å². The molecule has 1 aromatic heterocycles. The van der Waals surface area contributed by atoms with Crippen LogP contribution in [0, 0.1) is 11.8 Å². The third-order valence-electron chi connectivity index (χ3n) is 5.12. The summed E-state index contributed by atoms with van der Waals surface area (Å²) < 4.78 is 0. The van der Waals surface area contributed by atoms with Gasteiger partial charge >= 0.3 is 0 Å². The van der Waals surface area contributed by atoms with Crippen molar-refractivity contribution in [3.05, 3.63) is 42.1 Å². The molecular weight excluding hydrogens is 258 g/mol. The minimum atomic E-state index is 0.368. The van der Waals surface area contributed by atoms with E-state index in [-0.39, 0.29) is 0 Å². The number of aromatic nitrogens is 1. The smallest absolute Gasteiger partial charge is 0.0704 e. The van der Waals surface area contributed by atoms with Crippen molar-refractivity contribution >= 4 is 10.9 Å². The Hall–Kier alpha value is -1.45. The third-order valence-corrected chi connectivity index (χ3v) is 5.12. The first-order chi connectivity index (χ1) is 10.3. The van der Waals surface area contributed by atoms with E-state index >= 15 is 0 Å². The van der Waals surface area contributed by atoms with Gasteiger partial charge in [-0.25, -0.2) is 0 Å². The molecule has 0 amide bonds. The fraction of sp³-hybridized carbons (Fsp3) is 0.500. The molecule has 3 N–H and O–H groups in total. The number of hydrogen-bond acceptors (Lipinski definition) is 3. The molecule has 1 saturated carbocycles. The number of nitrogens with zero attached hydrogens (tertiary/aromatic N) is 1. The van der Waals surface area contributed by atoms with E-state index in [1.54, 1.807) is 0 Å². The molecule has 1 aliphatic rings. The summed E-state index contributed by atoms with van der Waals surface area (Å²) >= 11 is 0. The van der Waals surface area contributed by atoms with Crippen LogP contribution in [0.25, 0.3) is 10.9 Å². The highest BCUT2D eigenvalue weighted by molar-refractivity contribution is 5.81. The molecule has 1 aliphatic carbocycles. The number of pyridine rings is 1. The fourth-order valence-corrected chi connectivity index (χ4v) is 3.78. The van der Waals surface area contributed by atoms with Gasteiger partial charge < -0.3 is 0 Å². The van der Waals surface area contributed by atoms with Gasteiger partial charge in [0.25, 0.3) is 0 Å². The summed E-state index contributed by atoms with van der Waals surface area (Å²) in [6, 6.07) is 10.9. The standard InChI is InChI=1S/C18H25N3/c1-2-13-7-8-15(11-13)18(21-19)12-14-9-10-20-17-6-4-3-5-16(14)17/h3-6,9-10,13,15,18,21H,2,7-8,11-12,19H2,1H3. The lowest BCUT2D eigenvalue weighted by Gasteiger charge is -2.23. The molecule has 2 aromatic rings. The van der Waals surface area contributed by atoms with Crippen molar-refractivity contribution in [1.82, 2.24) is 10.4 Å². The molecule has 3 unspecified atom stereocenters. The highest BCUT2D eigenvalue weighted by atomic mass is 15.2. The summed E-state index contributed by atoms with van der Waals surface area (Å²) in [7, 11) is 0. The van der Waals surface area contributed by atoms with Crippen molar-refractivity contribution in [3.63, 3.8) is 0 Å². The van der Waals surface area contributed by atoms with Gasteiger partial charge in [-0.1, -0.05) is 38.0 Å². The minimum absolute atomic E-state index is 0.368. The average Bonchev–Trinajstić information content (AvgIpc) is 3.01. The fourth-order valence-electron chi connectivity index (χ4n) is 3.78. The predicted octanol–water partition coefficient (Wildman–Crippen LogP) is 3.44.